The fourth-order valence-corrected chi connectivity index (χ4v) is 1.17. The Balaban J connectivity index is 3.91. The average molecular weight is 198 g/mol. The first-order valence-electron chi connectivity index (χ1n) is 4.55. The maximum absolute atomic E-state index is 13.2. The fraction of sp³-hybridized carbons (Fsp3) is 1.00. The SMILES string of the molecule is CCC(OC(F)F)C(F)CC(C)C. The van der Waals surface area contributed by atoms with Crippen LogP contribution in [-0.4, -0.2) is 18.9 Å². The fourth-order valence-electron chi connectivity index (χ4n) is 1.17. The monoisotopic (exact) mass is 198 g/mol. The second kappa shape index (κ2) is 6.24. The molecule has 4 heteroatoms. The van der Waals surface area contributed by atoms with Crippen molar-refractivity contribution in [3.8, 4) is 0 Å². The van der Waals surface area contributed by atoms with Gasteiger partial charge in [-0.15, -0.1) is 0 Å². The molecule has 0 radical (unpaired) electrons. The number of rotatable bonds is 6. The van der Waals surface area contributed by atoms with Crippen LogP contribution in [0.4, 0.5) is 13.2 Å². The van der Waals surface area contributed by atoms with Crippen molar-refractivity contribution in [2.24, 2.45) is 5.92 Å². The van der Waals surface area contributed by atoms with Gasteiger partial charge in [0.2, 0.25) is 0 Å². The minimum Gasteiger partial charge on any atom is -0.317 e. The van der Waals surface area contributed by atoms with Crippen molar-refractivity contribution in [2.75, 3.05) is 0 Å². The quantitative estimate of drug-likeness (QED) is 0.635. The molecule has 0 aliphatic carbocycles. The minimum absolute atomic E-state index is 0.158. The predicted molar refractivity (Wildman–Crippen MR) is 45.5 cm³/mol. The van der Waals surface area contributed by atoms with E-state index in [-0.39, 0.29) is 18.8 Å². The van der Waals surface area contributed by atoms with Gasteiger partial charge in [0.05, 0.1) is 6.10 Å². The van der Waals surface area contributed by atoms with Gasteiger partial charge in [0.25, 0.3) is 0 Å². The Morgan fingerprint density at radius 1 is 1.15 bits per heavy atom. The Morgan fingerprint density at radius 2 is 1.69 bits per heavy atom. The molecule has 0 aromatic carbocycles. The van der Waals surface area contributed by atoms with Gasteiger partial charge in [-0.2, -0.15) is 8.78 Å². The number of hydrogen-bond acceptors (Lipinski definition) is 1. The lowest BCUT2D eigenvalue weighted by Crippen LogP contribution is -2.28. The molecule has 0 spiro atoms. The van der Waals surface area contributed by atoms with E-state index in [0.717, 1.165) is 0 Å². The molecule has 0 saturated carbocycles. The third-order valence-corrected chi connectivity index (χ3v) is 1.78. The number of hydrogen-bond donors (Lipinski definition) is 0. The standard InChI is InChI=1S/C9H17F3O/c1-4-8(13-9(11)12)7(10)5-6(2)3/h6-9H,4-5H2,1-3H3. The summed E-state index contributed by atoms with van der Waals surface area (Å²) >= 11 is 0. The van der Waals surface area contributed by atoms with Crippen molar-refractivity contribution in [1.82, 2.24) is 0 Å². The second-order valence-corrected chi connectivity index (χ2v) is 3.49. The van der Waals surface area contributed by atoms with Crippen LogP contribution in [0, 0.1) is 5.92 Å². The van der Waals surface area contributed by atoms with E-state index in [1.54, 1.807) is 6.92 Å². The van der Waals surface area contributed by atoms with Crippen LogP contribution in [0.2, 0.25) is 0 Å². The van der Waals surface area contributed by atoms with Crippen LogP contribution in [0.25, 0.3) is 0 Å². The molecule has 0 bridgehead atoms. The molecule has 80 valence electrons. The third-order valence-electron chi connectivity index (χ3n) is 1.78. The van der Waals surface area contributed by atoms with Gasteiger partial charge in [0, 0.05) is 0 Å². The van der Waals surface area contributed by atoms with Crippen LogP contribution in [0.5, 0.6) is 0 Å². The molecule has 2 unspecified atom stereocenters. The average Bonchev–Trinajstić information content (AvgIpc) is 1.98. The number of halogens is 3. The predicted octanol–water partition coefficient (Wildman–Crippen LogP) is 3.39. The molecular weight excluding hydrogens is 181 g/mol. The van der Waals surface area contributed by atoms with E-state index in [1.165, 1.54) is 0 Å². The Bertz CT molecular complexity index is 128. The molecule has 13 heavy (non-hydrogen) atoms. The molecule has 0 heterocycles. The van der Waals surface area contributed by atoms with Crippen molar-refractivity contribution in [2.45, 2.75) is 52.5 Å². The van der Waals surface area contributed by atoms with Crippen molar-refractivity contribution >= 4 is 0 Å². The Hall–Kier alpha value is -0.250. The zero-order valence-electron chi connectivity index (χ0n) is 8.27. The largest absolute Gasteiger partial charge is 0.345 e. The molecule has 0 aliphatic rings. The van der Waals surface area contributed by atoms with Crippen molar-refractivity contribution < 1.29 is 17.9 Å². The summed E-state index contributed by atoms with van der Waals surface area (Å²) in [6.07, 6.45) is -1.72. The molecular formula is C9H17F3O. The van der Waals surface area contributed by atoms with Crippen LogP contribution < -0.4 is 0 Å². The molecule has 0 N–H and O–H groups in total. The third kappa shape index (κ3) is 5.91. The Morgan fingerprint density at radius 3 is 2.00 bits per heavy atom. The van der Waals surface area contributed by atoms with Gasteiger partial charge >= 0.3 is 6.61 Å². The molecule has 0 fully saturated rings. The summed E-state index contributed by atoms with van der Waals surface area (Å²) in [6.45, 7) is 2.46. The smallest absolute Gasteiger partial charge is 0.317 e. The van der Waals surface area contributed by atoms with E-state index in [2.05, 4.69) is 4.74 Å². The van der Waals surface area contributed by atoms with Gasteiger partial charge in [-0.1, -0.05) is 20.8 Å². The highest BCUT2D eigenvalue weighted by atomic mass is 19.3. The zero-order valence-corrected chi connectivity index (χ0v) is 8.27. The summed E-state index contributed by atoms with van der Waals surface area (Å²) in [5.74, 6) is 0.158. The van der Waals surface area contributed by atoms with E-state index in [4.69, 9.17) is 0 Å². The van der Waals surface area contributed by atoms with Crippen molar-refractivity contribution in [3.63, 3.8) is 0 Å². The molecule has 0 amide bonds. The van der Waals surface area contributed by atoms with E-state index < -0.39 is 18.9 Å². The summed E-state index contributed by atoms with van der Waals surface area (Å²) in [6, 6.07) is 0. The first kappa shape index (κ1) is 12.8. The lowest BCUT2D eigenvalue weighted by Gasteiger charge is -2.20. The topological polar surface area (TPSA) is 9.23 Å². The summed E-state index contributed by atoms with van der Waals surface area (Å²) in [7, 11) is 0. The molecule has 0 saturated heterocycles. The zero-order chi connectivity index (χ0) is 10.4. The summed E-state index contributed by atoms with van der Waals surface area (Å²) in [4.78, 5) is 0. The maximum Gasteiger partial charge on any atom is 0.345 e. The van der Waals surface area contributed by atoms with Gasteiger partial charge in [0.1, 0.15) is 6.17 Å². The van der Waals surface area contributed by atoms with E-state index in [0.29, 0.717) is 0 Å². The molecule has 1 nitrogen and oxygen atoms in total. The van der Waals surface area contributed by atoms with Crippen LogP contribution in [0.1, 0.15) is 33.6 Å². The van der Waals surface area contributed by atoms with E-state index in [1.807, 2.05) is 13.8 Å². The Labute approximate surface area is 77.3 Å². The van der Waals surface area contributed by atoms with E-state index in [9.17, 15) is 13.2 Å². The van der Waals surface area contributed by atoms with Crippen molar-refractivity contribution in [1.29, 1.82) is 0 Å². The van der Waals surface area contributed by atoms with Gasteiger partial charge in [-0.05, 0) is 18.8 Å². The van der Waals surface area contributed by atoms with Crippen LogP contribution in [-0.2, 0) is 4.74 Å². The minimum atomic E-state index is -2.88. The lowest BCUT2D eigenvalue weighted by atomic mass is 10.0. The molecule has 0 aromatic rings. The first-order valence-corrected chi connectivity index (χ1v) is 4.55. The van der Waals surface area contributed by atoms with Gasteiger partial charge in [-0.25, -0.2) is 4.39 Å². The van der Waals surface area contributed by atoms with Gasteiger partial charge in [0.15, 0.2) is 0 Å². The highest BCUT2D eigenvalue weighted by molar-refractivity contribution is 4.69. The first-order chi connectivity index (χ1) is 5.97. The normalized spacial score (nSPS) is 16.6. The van der Waals surface area contributed by atoms with Gasteiger partial charge in [-0.3, -0.25) is 0 Å². The van der Waals surface area contributed by atoms with Crippen LogP contribution >= 0.6 is 0 Å². The molecule has 0 rings (SSSR count). The van der Waals surface area contributed by atoms with Crippen molar-refractivity contribution in [3.05, 3.63) is 0 Å². The maximum atomic E-state index is 13.2. The van der Waals surface area contributed by atoms with E-state index >= 15 is 0 Å². The van der Waals surface area contributed by atoms with Gasteiger partial charge < -0.3 is 4.74 Å². The number of alkyl halides is 3. The van der Waals surface area contributed by atoms with Crippen LogP contribution in [0.3, 0.4) is 0 Å². The summed E-state index contributed by atoms with van der Waals surface area (Å²) in [5.41, 5.74) is 0. The molecule has 0 aliphatic heterocycles. The molecule has 2 atom stereocenters. The highest BCUT2D eigenvalue weighted by Gasteiger charge is 2.24. The summed E-state index contributed by atoms with van der Waals surface area (Å²) < 4.78 is 40.9. The molecule has 0 aromatic heterocycles. The second-order valence-electron chi connectivity index (χ2n) is 3.49. The Kier molecular flexibility index (Phi) is 6.12. The highest BCUT2D eigenvalue weighted by Crippen LogP contribution is 2.18. The summed E-state index contributed by atoms with van der Waals surface area (Å²) in [5, 5.41) is 0. The number of ether oxygens (including phenoxy) is 1. The van der Waals surface area contributed by atoms with Crippen LogP contribution in [0.15, 0.2) is 0 Å². The lowest BCUT2D eigenvalue weighted by molar-refractivity contribution is -0.180.